The standard InChI is InChI=1S/C16H24ClN3O3S/c1-4-15(16(21)19-10-8-18(2)9-11-19)20(24(3,22)23)14-7-5-6-13(17)12-14/h5-7,12,15H,4,8-11H2,1-3H3/t15-/m1/s1. The molecule has 1 amide bonds. The van der Waals surface area contributed by atoms with E-state index in [4.69, 9.17) is 11.6 Å². The van der Waals surface area contributed by atoms with E-state index in [1.165, 1.54) is 4.31 Å². The zero-order valence-corrected chi connectivity index (χ0v) is 15.8. The fourth-order valence-corrected chi connectivity index (χ4v) is 4.28. The predicted octanol–water partition coefficient (Wildman–Crippen LogP) is 1.66. The molecule has 1 aliphatic heterocycles. The minimum absolute atomic E-state index is 0.156. The molecule has 24 heavy (non-hydrogen) atoms. The molecular weight excluding hydrogens is 350 g/mol. The number of rotatable bonds is 5. The summed E-state index contributed by atoms with van der Waals surface area (Å²) < 4.78 is 26.0. The highest BCUT2D eigenvalue weighted by molar-refractivity contribution is 7.92. The van der Waals surface area contributed by atoms with Crippen molar-refractivity contribution < 1.29 is 13.2 Å². The summed E-state index contributed by atoms with van der Waals surface area (Å²) in [7, 11) is -1.62. The van der Waals surface area contributed by atoms with Crippen molar-refractivity contribution in [3.8, 4) is 0 Å². The number of hydrogen-bond donors (Lipinski definition) is 0. The number of nitrogens with zero attached hydrogens (tertiary/aromatic N) is 3. The molecule has 1 heterocycles. The van der Waals surface area contributed by atoms with E-state index in [0.717, 1.165) is 19.3 Å². The normalized spacial score (nSPS) is 17.6. The van der Waals surface area contributed by atoms with Crippen LogP contribution in [0.25, 0.3) is 0 Å². The molecule has 0 N–H and O–H groups in total. The van der Waals surface area contributed by atoms with Crippen LogP contribution < -0.4 is 4.31 Å². The van der Waals surface area contributed by atoms with E-state index >= 15 is 0 Å². The topological polar surface area (TPSA) is 60.9 Å². The van der Waals surface area contributed by atoms with Gasteiger partial charge < -0.3 is 9.80 Å². The minimum atomic E-state index is -3.62. The van der Waals surface area contributed by atoms with Crippen LogP contribution in [0.15, 0.2) is 24.3 Å². The second-order valence-corrected chi connectivity index (χ2v) is 8.39. The molecule has 2 rings (SSSR count). The molecular formula is C16H24ClN3O3S. The molecule has 1 atom stereocenters. The molecule has 6 nitrogen and oxygen atoms in total. The molecule has 1 saturated heterocycles. The monoisotopic (exact) mass is 373 g/mol. The van der Waals surface area contributed by atoms with E-state index < -0.39 is 16.1 Å². The van der Waals surface area contributed by atoms with Crippen LogP contribution in [0.2, 0.25) is 5.02 Å². The molecule has 0 aromatic heterocycles. The molecule has 1 aromatic rings. The van der Waals surface area contributed by atoms with Crippen molar-refractivity contribution in [2.24, 2.45) is 0 Å². The van der Waals surface area contributed by atoms with E-state index in [1.807, 2.05) is 14.0 Å². The SMILES string of the molecule is CC[C@H](C(=O)N1CCN(C)CC1)N(c1cccc(Cl)c1)S(C)(=O)=O. The van der Waals surface area contributed by atoms with Gasteiger partial charge in [0.15, 0.2) is 0 Å². The van der Waals surface area contributed by atoms with Gasteiger partial charge in [0.25, 0.3) is 0 Å². The van der Waals surface area contributed by atoms with Crippen molar-refractivity contribution in [1.82, 2.24) is 9.80 Å². The fraction of sp³-hybridized carbons (Fsp3) is 0.562. The van der Waals surface area contributed by atoms with Crippen LogP contribution in [0.5, 0.6) is 0 Å². The second kappa shape index (κ2) is 7.72. The predicted molar refractivity (Wildman–Crippen MR) is 96.9 cm³/mol. The highest BCUT2D eigenvalue weighted by Gasteiger charge is 2.35. The zero-order valence-electron chi connectivity index (χ0n) is 14.3. The maximum atomic E-state index is 13.0. The number of anilines is 1. The first-order valence-electron chi connectivity index (χ1n) is 7.96. The lowest BCUT2D eigenvalue weighted by Crippen LogP contribution is -2.55. The van der Waals surface area contributed by atoms with Gasteiger partial charge in [0.1, 0.15) is 6.04 Å². The number of benzene rings is 1. The number of carbonyl (C=O) groups excluding carboxylic acids is 1. The number of sulfonamides is 1. The van der Waals surface area contributed by atoms with E-state index in [-0.39, 0.29) is 5.91 Å². The molecule has 1 aliphatic rings. The quantitative estimate of drug-likeness (QED) is 0.787. The Bertz CT molecular complexity index is 688. The maximum absolute atomic E-state index is 13.0. The summed E-state index contributed by atoms with van der Waals surface area (Å²) in [6.45, 7) is 4.62. The first-order valence-corrected chi connectivity index (χ1v) is 10.2. The Kier molecular flexibility index (Phi) is 6.11. The zero-order chi connectivity index (χ0) is 17.9. The van der Waals surface area contributed by atoms with Gasteiger partial charge in [-0.1, -0.05) is 24.6 Å². The number of amides is 1. The maximum Gasteiger partial charge on any atom is 0.246 e. The van der Waals surface area contributed by atoms with Crippen molar-refractivity contribution in [2.45, 2.75) is 19.4 Å². The Morgan fingerprint density at radius 1 is 1.29 bits per heavy atom. The van der Waals surface area contributed by atoms with Gasteiger partial charge in [-0.25, -0.2) is 8.42 Å². The largest absolute Gasteiger partial charge is 0.338 e. The Morgan fingerprint density at radius 2 is 1.92 bits per heavy atom. The Balaban J connectivity index is 2.34. The van der Waals surface area contributed by atoms with Crippen molar-refractivity contribution in [2.75, 3.05) is 43.8 Å². The van der Waals surface area contributed by atoms with Gasteiger partial charge in [-0.05, 0) is 31.7 Å². The lowest BCUT2D eigenvalue weighted by Gasteiger charge is -2.37. The van der Waals surface area contributed by atoms with Crippen molar-refractivity contribution in [1.29, 1.82) is 0 Å². The van der Waals surface area contributed by atoms with Gasteiger partial charge in [0.2, 0.25) is 15.9 Å². The lowest BCUT2D eigenvalue weighted by atomic mass is 10.1. The number of hydrogen-bond acceptors (Lipinski definition) is 4. The Labute approximate surface area is 149 Å². The third kappa shape index (κ3) is 4.40. The fourth-order valence-electron chi connectivity index (χ4n) is 2.89. The van der Waals surface area contributed by atoms with Gasteiger partial charge in [-0.3, -0.25) is 9.10 Å². The molecule has 1 fully saturated rings. The smallest absolute Gasteiger partial charge is 0.246 e. The molecule has 0 spiro atoms. The van der Waals surface area contributed by atoms with Crippen LogP contribution in [0.3, 0.4) is 0 Å². The molecule has 1 aromatic carbocycles. The van der Waals surface area contributed by atoms with E-state index in [9.17, 15) is 13.2 Å². The van der Waals surface area contributed by atoms with E-state index in [0.29, 0.717) is 30.2 Å². The van der Waals surface area contributed by atoms with Crippen LogP contribution >= 0.6 is 11.6 Å². The van der Waals surface area contributed by atoms with Crippen LogP contribution in [0.4, 0.5) is 5.69 Å². The molecule has 0 aliphatic carbocycles. The summed E-state index contributed by atoms with van der Waals surface area (Å²) in [5.41, 5.74) is 0.416. The van der Waals surface area contributed by atoms with Gasteiger partial charge >= 0.3 is 0 Å². The van der Waals surface area contributed by atoms with Gasteiger partial charge in [-0.15, -0.1) is 0 Å². The average molecular weight is 374 g/mol. The summed E-state index contributed by atoms with van der Waals surface area (Å²) in [4.78, 5) is 16.8. The first-order chi connectivity index (χ1) is 11.2. The molecule has 0 radical (unpaired) electrons. The molecule has 0 saturated carbocycles. The second-order valence-electron chi connectivity index (χ2n) is 6.09. The van der Waals surface area contributed by atoms with Crippen molar-refractivity contribution in [3.63, 3.8) is 0 Å². The van der Waals surface area contributed by atoms with E-state index in [2.05, 4.69) is 4.90 Å². The highest BCUT2D eigenvalue weighted by atomic mass is 35.5. The number of carbonyl (C=O) groups is 1. The molecule has 0 bridgehead atoms. The first kappa shape index (κ1) is 19.0. The number of piperazine rings is 1. The van der Waals surface area contributed by atoms with Crippen molar-refractivity contribution >= 4 is 33.2 Å². The summed E-state index contributed by atoms with van der Waals surface area (Å²) in [6, 6.07) is 5.83. The average Bonchev–Trinajstić information content (AvgIpc) is 2.51. The van der Waals surface area contributed by atoms with Crippen LogP contribution in [-0.2, 0) is 14.8 Å². The highest BCUT2D eigenvalue weighted by Crippen LogP contribution is 2.26. The minimum Gasteiger partial charge on any atom is -0.338 e. The number of likely N-dealkylation sites (N-methyl/N-ethyl adjacent to an activating group) is 1. The van der Waals surface area contributed by atoms with E-state index in [1.54, 1.807) is 29.2 Å². The van der Waals surface area contributed by atoms with Crippen LogP contribution in [0.1, 0.15) is 13.3 Å². The number of halogens is 1. The van der Waals surface area contributed by atoms with Gasteiger partial charge in [0, 0.05) is 31.2 Å². The van der Waals surface area contributed by atoms with Crippen molar-refractivity contribution in [3.05, 3.63) is 29.3 Å². The molecule has 8 heteroatoms. The van der Waals surface area contributed by atoms with Gasteiger partial charge in [0.05, 0.1) is 11.9 Å². The summed E-state index contributed by atoms with van der Waals surface area (Å²) in [5.74, 6) is -0.156. The third-order valence-corrected chi connectivity index (χ3v) is 5.60. The molecule has 0 unspecified atom stereocenters. The summed E-state index contributed by atoms with van der Waals surface area (Å²) in [6.07, 6.45) is 1.51. The van der Waals surface area contributed by atoms with Crippen LogP contribution in [-0.4, -0.2) is 69.6 Å². The third-order valence-electron chi connectivity index (χ3n) is 4.19. The van der Waals surface area contributed by atoms with Gasteiger partial charge in [-0.2, -0.15) is 0 Å². The molecule has 134 valence electrons. The summed E-state index contributed by atoms with van der Waals surface area (Å²) >= 11 is 6.01. The Morgan fingerprint density at radius 3 is 2.42 bits per heavy atom. The van der Waals surface area contributed by atoms with Crippen LogP contribution in [0, 0.1) is 0 Å². The lowest BCUT2D eigenvalue weighted by molar-refractivity contribution is -0.134. The Hall–Kier alpha value is -1.31. The summed E-state index contributed by atoms with van der Waals surface area (Å²) in [5, 5.41) is 0.433.